The minimum atomic E-state index is -0.631. The molecule has 1 amide bonds. The Hall–Kier alpha value is -1.52. The number of primary amides is 1. The zero-order valence-corrected chi connectivity index (χ0v) is 4.50. The summed E-state index contributed by atoms with van der Waals surface area (Å²) in [4.78, 5) is 10.3. The molecule has 0 atom stereocenters. The second kappa shape index (κ2) is 1.77. The highest BCUT2D eigenvalue weighted by atomic mass is 16.5. The summed E-state index contributed by atoms with van der Waals surface area (Å²) in [7, 11) is 0. The number of rotatable bonds is 1. The maximum absolute atomic E-state index is 10.3. The molecule has 0 radical (unpaired) electrons. The van der Waals surface area contributed by atoms with E-state index in [9.17, 15) is 4.79 Å². The lowest BCUT2D eigenvalue weighted by Gasteiger charge is -1.83. The van der Waals surface area contributed by atoms with Gasteiger partial charge < -0.3 is 16.0 Å². The summed E-state index contributed by atoms with van der Waals surface area (Å²) in [5, 5.41) is 3.24. The van der Waals surface area contributed by atoms with Crippen molar-refractivity contribution in [3.8, 4) is 0 Å². The van der Waals surface area contributed by atoms with Gasteiger partial charge in [-0.25, -0.2) is 0 Å². The first-order valence-corrected chi connectivity index (χ1v) is 2.21. The first-order valence-electron chi connectivity index (χ1n) is 2.21. The smallest absolute Gasteiger partial charge is 0.255 e. The molecule has 0 saturated carbocycles. The lowest BCUT2D eigenvalue weighted by atomic mass is 10.3. The molecule has 0 aliphatic heterocycles. The molecule has 9 heavy (non-hydrogen) atoms. The van der Waals surface area contributed by atoms with Crippen molar-refractivity contribution in [3.05, 3.63) is 11.8 Å². The third-order valence-electron chi connectivity index (χ3n) is 0.863. The van der Waals surface area contributed by atoms with Gasteiger partial charge in [-0.05, 0) is 0 Å². The predicted octanol–water partition coefficient (Wildman–Crippen LogP) is -0.644. The highest BCUT2D eigenvalue weighted by Crippen LogP contribution is 2.05. The van der Waals surface area contributed by atoms with E-state index in [1.165, 1.54) is 0 Å². The Balaban J connectivity index is 3.08. The van der Waals surface area contributed by atoms with E-state index >= 15 is 0 Å². The second-order valence-corrected chi connectivity index (χ2v) is 1.48. The van der Waals surface area contributed by atoms with Crippen LogP contribution in [0.15, 0.2) is 10.8 Å². The number of aromatic nitrogens is 1. The molecule has 0 unspecified atom stereocenters. The fraction of sp³-hybridized carbons (Fsp3) is 0. The van der Waals surface area contributed by atoms with Gasteiger partial charge in [-0.2, -0.15) is 0 Å². The molecular formula is C4H5N3O2. The van der Waals surface area contributed by atoms with Crippen LogP contribution in [-0.2, 0) is 0 Å². The molecule has 1 rings (SSSR count). The first-order chi connectivity index (χ1) is 4.22. The number of hydrogen-bond acceptors (Lipinski definition) is 4. The number of carbonyl (C=O) groups is 1. The quantitative estimate of drug-likeness (QED) is 0.524. The molecule has 0 aliphatic rings. The lowest BCUT2D eigenvalue weighted by molar-refractivity contribution is 0.100. The van der Waals surface area contributed by atoms with Crippen molar-refractivity contribution in [2.45, 2.75) is 0 Å². The van der Waals surface area contributed by atoms with Gasteiger partial charge in [0.05, 0.1) is 0 Å². The van der Waals surface area contributed by atoms with E-state index in [0.717, 1.165) is 6.26 Å². The van der Waals surface area contributed by atoms with Crippen molar-refractivity contribution in [1.29, 1.82) is 0 Å². The molecule has 5 heteroatoms. The van der Waals surface area contributed by atoms with Gasteiger partial charge in [0.2, 0.25) is 0 Å². The van der Waals surface area contributed by atoms with E-state index in [1.54, 1.807) is 0 Å². The molecule has 0 bridgehead atoms. The minimum absolute atomic E-state index is 0.0301. The van der Waals surface area contributed by atoms with Crippen molar-refractivity contribution < 1.29 is 9.32 Å². The van der Waals surface area contributed by atoms with Crippen LogP contribution in [0.25, 0.3) is 0 Å². The fourth-order valence-electron chi connectivity index (χ4n) is 0.430. The van der Waals surface area contributed by atoms with Gasteiger partial charge in [-0.3, -0.25) is 4.79 Å². The van der Waals surface area contributed by atoms with Gasteiger partial charge in [0.1, 0.15) is 11.8 Å². The van der Waals surface area contributed by atoms with E-state index in [0.29, 0.717) is 0 Å². The van der Waals surface area contributed by atoms with Crippen molar-refractivity contribution in [1.82, 2.24) is 5.16 Å². The molecular weight excluding hydrogens is 122 g/mol. The van der Waals surface area contributed by atoms with Gasteiger partial charge in [0.15, 0.2) is 5.82 Å². The third-order valence-corrected chi connectivity index (χ3v) is 0.863. The van der Waals surface area contributed by atoms with Crippen LogP contribution in [0.4, 0.5) is 5.82 Å². The fourth-order valence-corrected chi connectivity index (χ4v) is 0.430. The Kier molecular flexibility index (Phi) is 1.11. The van der Waals surface area contributed by atoms with Crippen LogP contribution >= 0.6 is 0 Å². The Labute approximate surface area is 50.6 Å². The highest BCUT2D eigenvalue weighted by Gasteiger charge is 2.07. The average Bonchev–Trinajstić information content (AvgIpc) is 2.13. The van der Waals surface area contributed by atoms with Crippen LogP contribution in [0.3, 0.4) is 0 Å². The molecule has 4 N–H and O–H groups in total. The monoisotopic (exact) mass is 127 g/mol. The van der Waals surface area contributed by atoms with Gasteiger partial charge in [-0.1, -0.05) is 5.16 Å². The first kappa shape index (κ1) is 5.61. The molecule has 0 aliphatic carbocycles. The largest absolute Gasteiger partial charge is 0.380 e. The number of anilines is 1. The Bertz CT molecular complexity index is 229. The molecule has 1 aromatic heterocycles. The second-order valence-electron chi connectivity index (χ2n) is 1.48. The Morgan fingerprint density at radius 2 is 2.44 bits per heavy atom. The maximum Gasteiger partial charge on any atom is 0.255 e. The molecule has 0 fully saturated rings. The summed E-state index contributed by atoms with van der Waals surface area (Å²) >= 11 is 0. The van der Waals surface area contributed by atoms with E-state index < -0.39 is 5.91 Å². The van der Waals surface area contributed by atoms with Crippen LogP contribution in [0, 0.1) is 0 Å². The average molecular weight is 127 g/mol. The molecule has 0 saturated heterocycles. The Morgan fingerprint density at radius 1 is 1.78 bits per heavy atom. The van der Waals surface area contributed by atoms with Crippen molar-refractivity contribution in [3.63, 3.8) is 0 Å². The molecule has 5 nitrogen and oxygen atoms in total. The minimum Gasteiger partial charge on any atom is -0.380 e. The van der Waals surface area contributed by atoms with E-state index in [2.05, 4.69) is 9.68 Å². The number of hydrogen-bond donors (Lipinski definition) is 2. The molecule has 0 spiro atoms. The number of carbonyl (C=O) groups excluding carboxylic acids is 1. The van der Waals surface area contributed by atoms with Crippen LogP contribution in [-0.4, -0.2) is 11.1 Å². The summed E-state index contributed by atoms with van der Waals surface area (Å²) in [6.07, 6.45) is 1.11. The molecule has 0 aromatic carbocycles. The summed E-state index contributed by atoms with van der Waals surface area (Å²) < 4.78 is 4.33. The van der Waals surface area contributed by atoms with E-state index in [1.807, 2.05) is 0 Å². The van der Waals surface area contributed by atoms with Crippen LogP contribution in [0.5, 0.6) is 0 Å². The summed E-state index contributed by atoms with van der Waals surface area (Å²) in [5.74, 6) is -0.601. The number of nitrogen functional groups attached to an aromatic ring is 1. The third kappa shape index (κ3) is 0.835. The van der Waals surface area contributed by atoms with Gasteiger partial charge in [-0.15, -0.1) is 0 Å². The van der Waals surface area contributed by atoms with Gasteiger partial charge in [0, 0.05) is 0 Å². The lowest BCUT2D eigenvalue weighted by Crippen LogP contribution is -2.11. The van der Waals surface area contributed by atoms with Crippen molar-refractivity contribution in [2.75, 3.05) is 5.73 Å². The number of amides is 1. The van der Waals surface area contributed by atoms with Gasteiger partial charge in [0.25, 0.3) is 5.91 Å². The van der Waals surface area contributed by atoms with Gasteiger partial charge >= 0.3 is 0 Å². The molecule has 1 heterocycles. The zero-order valence-electron chi connectivity index (χ0n) is 4.50. The molecule has 48 valence electrons. The van der Waals surface area contributed by atoms with Crippen molar-refractivity contribution in [2.24, 2.45) is 5.73 Å². The number of nitrogens with two attached hydrogens (primary N) is 2. The highest BCUT2D eigenvalue weighted by molar-refractivity contribution is 5.96. The molecule has 1 aromatic rings. The van der Waals surface area contributed by atoms with Crippen LogP contribution in [0.2, 0.25) is 0 Å². The van der Waals surface area contributed by atoms with E-state index in [-0.39, 0.29) is 11.4 Å². The summed E-state index contributed by atoms with van der Waals surface area (Å²) in [6, 6.07) is 0. The summed E-state index contributed by atoms with van der Waals surface area (Å²) in [5.41, 5.74) is 10.1. The Morgan fingerprint density at radius 3 is 2.67 bits per heavy atom. The van der Waals surface area contributed by atoms with Crippen LogP contribution < -0.4 is 11.5 Å². The normalized spacial score (nSPS) is 9.33. The summed E-state index contributed by atoms with van der Waals surface area (Å²) in [6.45, 7) is 0. The number of nitrogens with zero attached hydrogens (tertiary/aromatic N) is 1. The predicted molar refractivity (Wildman–Crippen MR) is 29.4 cm³/mol. The SMILES string of the molecule is NC(=O)c1conc1N. The van der Waals surface area contributed by atoms with E-state index in [4.69, 9.17) is 11.5 Å². The zero-order chi connectivity index (χ0) is 6.85. The van der Waals surface area contributed by atoms with Crippen molar-refractivity contribution >= 4 is 11.7 Å². The maximum atomic E-state index is 10.3. The standard InChI is InChI=1S/C4H5N3O2/c5-3-2(4(6)8)1-9-7-3/h1H,(H2,5,7)(H2,6,8). The topological polar surface area (TPSA) is 95.1 Å². The van der Waals surface area contributed by atoms with Crippen LogP contribution in [0.1, 0.15) is 10.4 Å².